The number of carbonyl (C=O) groups excluding carboxylic acids is 1. The first-order chi connectivity index (χ1) is 15.3. The molecule has 4 aliphatic rings. The highest BCUT2D eigenvalue weighted by molar-refractivity contribution is 5.88. The number of hydrogen-bond acceptors (Lipinski definition) is 3. The first-order valence-electron chi connectivity index (χ1n) is 10.4. The Kier molecular flexibility index (Phi) is 3.89. The summed E-state index contributed by atoms with van der Waals surface area (Å²) < 4.78 is 56.8. The molecule has 7 rings (SSSR count). The molecule has 3 saturated carbocycles. The van der Waals surface area contributed by atoms with Gasteiger partial charge in [0.15, 0.2) is 5.82 Å². The second-order valence-electron chi connectivity index (χ2n) is 9.34. The number of carbonyl (C=O) groups is 1. The van der Waals surface area contributed by atoms with Gasteiger partial charge < -0.3 is 4.57 Å². The summed E-state index contributed by atoms with van der Waals surface area (Å²) in [6, 6.07) is 3.98. The third kappa shape index (κ3) is 2.73. The van der Waals surface area contributed by atoms with E-state index in [1.165, 1.54) is 29.4 Å². The van der Waals surface area contributed by atoms with Crippen molar-refractivity contribution in [2.75, 3.05) is 0 Å². The number of benzene rings is 1. The van der Waals surface area contributed by atoms with Gasteiger partial charge in [-0.05, 0) is 42.4 Å². The normalized spacial score (nSPS) is 28.1. The molecular weight excluding hydrogens is 424 g/mol. The summed E-state index contributed by atoms with van der Waals surface area (Å²) in [6.07, 6.45) is 6.12. The summed E-state index contributed by atoms with van der Waals surface area (Å²) in [7, 11) is 0. The van der Waals surface area contributed by atoms with Crippen LogP contribution in [0.5, 0.6) is 0 Å². The van der Waals surface area contributed by atoms with E-state index in [4.69, 9.17) is 0 Å². The molecule has 1 aromatic carbocycles. The second-order valence-corrected chi connectivity index (χ2v) is 9.34. The molecule has 1 unspecified atom stereocenters. The number of fused-ring (bicyclic) bond motifs is 1. The first-order valence-corrected chi connectivity index (χ1v) is 10.4. The molecule has 1 aliphatic heterocycles. The Balaban J connectivity index is 1.19. The summed E-state index contributed by atoms with van der Waals surface area (Å²) in [5.74, 6) is -2.58. The summed E-state index contributed by atoms with van der Waals surface area (Å²) in [4.78, 5) is 17.1. The fourth-order valence-corrected chi connectivity index (χ4v) is 5.88. The van der Waals surface area contributed by atoms with Gasteiger partial charge in [0.2, 0.25) is 5.91 Å². The summed E-state index contributed by atoms with van der Waals surface area (Å²) in [6.45, 7) is 0.468. The number of rotatable bonds is 4. The van der Waals surface area contributed by atoms with Crippen LogP contribution in [-0.4, -0.2) is 26.7 Å². The first kappa shape index (κ1) is 19.5. The van der Waals surface area contributed by atoms with Crippen molar-refractivity contribution in [2.45, 2.75) is 38.3 Å². The maximum absolute atomic E-state index is 14.2. The summed E-state index contributed by atoms with van der Waals surface area (Å²) in [5.41, 5.74) is 0.171. The molecule has 3 aromatic rings. The lowest BCUT2D eigenvalue weighted by atomic mass is 9.34. The SMILES string of the molecule is O=C(N1N=CCC1c1cc(F)cc(F)c1)C12CC(Cn3cc(F)c4ncc(F)cc43)(C1)C2. The van der Waals surface area contributed by atoms with E-state index in [2.05, 4.69) is 10.1 Å². The molecule has 3 heterocycles. The van der Waals surface area contributed by atoms with Crippen molar-refractivity contribution in [3.8, 4) is 0 Å². The number of aromatic nitrogens is 2. The van der Waals surface area contributed by atoms with E-state index in [1.54, 1.807) is 10.8 Å². The van der Waals surface area contributed by atoms with Crippen molar-refractivity contribution in [3.63, 3.8) is 0 Å². The fraction of sp³-hybridized carbons (Fsp3) is 0.348. The Morgan fingerprint density at radius 3 is 2.47 bits per heavy atom. The molecule has 1 atom stereocenters. The van der Waals surface area contributed by atoms with Gasteiger partial charge in [-0.25, -0.2) is 27.6 Å². The lowest BCUT2D eigenvalue weighted by molar-refractivity contribution is -0.222. The number of hydrazone groups is 1. The van der Waals surface area contributed by atoms with Crippen molar-refractivity contribution < 1.29 is 22.4 Å². The van der Waals surface area contributed by atoms with E-state index in [0.29, 0.717) is 43.3 Å². The van der Waals surface area contributed by atoms with E-state index in [0.717, 1.165) is 12.3 Å². The van der Waals surface area contributed by atoms with Gasteiger partial charge >= 0.3 is 0 Å². The van der Waals surface area contributed by atoms with Gasteiger partial charge in [-0.3, -0.25) is 4.79 Å². The van der Waals surface area contributed by atoms with Gasteiger partial charge in [-0.2, -0.15) is 5.10 Å². The van der Waals surface area contributed by atoms with Crippen LogP contribution in [0, 0.1) is 34.1 Å². The Labute approximate surface area is 180 Å². The van der Waals surface area contributed by atoms with E-state index >= 15 is 0 Å². The summed E-state index contributed by atoms with van der Waals surface area (Å²) in [5, 5.41) is 5.54. The van der Waals surface area contributed by atoms with E-state index < -0.39 is 34.7 Å². The average molecular weight is 442 g/mol. The zero-order valence-corrected chi connectivity index (χ0v) is 16.9. The standard InChI is InChI=1S/C23H18F4N4O/c24-14-3-13(4-15(25)5-14)18-1-2-29-31(18)21(32)23-9-22(10-23,11-23)12-30-8-17(27)20-19(30)6-16(26)7-28-20/h2-8,18H,1,9-12H2. The molecule has 9 heteroatoms. The van der Waals surface area contributed by atoms with Crippen LogP contribution in [0.15, 0.2) is 41.8 Å². The van der Waals surface area contributed by atoms with Gasteiger partial charge in [0, 0.05) is 37.5 Å². The lowest BCUT2D eigenvalue weighted by Gasteiger charge is -2.70. The highest BCUT2D eigenvalue weighted by Gasteiger charge is 2.72. The quantitative estimate of drug-likeness (QED) is 0.549. The highest BCUT2D eigenvalue weighted by atomic mass is 19.1. The van der Waals surface area contributed by atoms with Crippen molar-refractivity contribution in [1.82, 2.24) is 14.6 Å². The van der Waals surface area contributed by atoms with Crippen LogP contribution in [0.2, 0.25) is 0 Å². The van der Waals surface area contributed by atoms with Gasteiger partial charge in [0.25, 0.3) is 0 Å². The topological polar surface area (TPSA) is 50.5 Å². The average Bonchev–Trinajstić information content (AvgIpc) is 3.27. The Morgan fingerprint density at radius 2 is 1.75 bits per heavy atom. The maximum Gasteiger partial charge on any atom is 0.249 e. The zero-order valence-electron chi connectivity index (χ0n) is 16.9. The fourth-order valence-electron chi connectivity index (χ4n) is 5.88. The number of hydrogen-bond donors (Lipinski definition) is 0. The molecule has 0 saturated heterocycles. The molecule has 0 radical (unpaired) electrons. The molecule has 32 heavy (non-hydrogen) atoms. The smallest absolute Gasteiger partial charge is 0.249 e. The Bertz CT molecular complexity index is 1280. The van der Waals surface area contributed by atoms with Crippen LogP contribution in [0.4, 0.5) is 17.6 Å². The molecule has 164 valence electrons. The molecule has 3 fully saturated rings. The highest BCUT2D eigenvalue weighted by Crippen LogP contribution is 2.74. The number of amides is 1. The van der Waals surface area contributed by atoms with Crippen molar-refractivity contribution >= 4 is 23.2 Å². The minimum absolute atomic E-state index is 0.125. The van der Waals surface area contributed by atoms with Crippen molar-refractivity contribution in [2.24, 2.45) is 15.9 Å². The minimum atomic E-state index is -0.694. The third-order valence-corrected chi connectivity index (χ3v) is 7.05. The molecule has 1 amide bonds. The van der Waals surface area contributed by atoms with Crippen molar-refractivity contribution in [1.29, 1.82) is 0 Å². The zero-order chi connectivity index (χ0) is 22.3. The molecule has 0 N–H and O–H groups in total. The van der Waals surface area contributed by atoms with Gasteiger partial charge in [-0.15, -0.1) is 0 Å². The van der Waals surface area contributed by atoms with Crippen molar-refractivity contribution in [3.05, 3.63) is 65.5 Å². The maximum atomic E-state index is 14.2. The van der Waals surface area contributed by atoms with Crippen LogP contribution in [0.3, 0.4) is 0 Å². The van der Waals surface area contributed by atoms with E-state index in [1.807, 2.05) is 0 Å². The monoisotopic (exact) mass is 442 g/mol. The lowest BCUT2D eigenvalue weighted by Crippen LogP contribution is -2.68. The Morgan fingerprint density at radius 1 is 1.03 bits per heavy atom. The summed E-state index contributed by atoms with van der Waals surface area (Å²) >= 11 is 0. The molecule has 3 aliphatic carbocycles. The van der Waals surface area contributed by atoms with Gasteiger partial charge in [0.05, 0.1) is 23.2 Å². The minimum Gasteiger partial charge on any atom is -0.343 e. The molecule has 5 nitrogen and oxygen atoms in total. The predicted molar refractivity (Wildman–Crippen MR) is 107 cm³/mol. The van der Waals surface area contributed by atoms with Crippen LogP contribution in [0.1, 0.15) is 37.3 Å². The number of halogens is 4. The molecule has 0 spiro atoms. The van der Waals surface area contributed by atoms with Crippen LogP contribution >= 0.6 is 0 Å². The number of nitrogens with zero attached hydrogens (tertiary/aromatic N) is 4. The molecular formula is C23H18F4N4O. The van der Waals surface area contributed by atoms with Crippen LogP contribution < -0.4 is 0 Å². The van der Waals surface area contributed by atoms with E-state index in [-0.39, 0.29) is 16.8 Å². The predicted octanol–water partition coefficient (Wildman–Crippen LogP) is 4.72. The largest absolute Gasteiger partial charge is 0.343 e. The number of pyridine rings is 1. The molecule has 2 aromatic heterocycles. The van der Waals surface area contributed by atoms with Crippen LogP contribution in [-0.2, 0) is 11.3 Å². The van der Waals surface area contributed by atoms with E-state index in [9.17, 15) is 22.4 Å². The molecule has 2 bridgehead atoms. The van der Waals surface area contributed by atoms with Crippen LogP contribution in [0.25, 0.3) is 11.0 Å². The van der Waals surface area contributed by atoms with Gasteiger partial charge in [-0.1, -0.05) is 0 Å². The Hall–Kier alpha value is -3.23. The third-order valence-electron chi connectivity index (χ3n) is 7.05. The second kappa shape index (κ2) is 6.40. The van der Waals surface area contributed by atoms with Gasteiger partial charge in [0.1, 0.15) is 23.0 Å².